The third kappa shape index (κ3) is 6.24. The Balaban J connectivity index is 1.73. The molecule has 0 aromatic rings. The number of hydrogen-bond donors (Lipinski definition) is 2. The predicted molar refractivity (Wildman–Crippen MR) is 93.9 cm³/mol. The summed E-state index contributed by atoms with van der Waals surface area (Å²) >= 11 is 0. The minimum Gasteiger partial charge on any atom is -0.395 e. The average molecular weight is 344 g/mol. The monoisotopic (exact) mass is 344 g/mol. The van der Waals surface area contributed by atoms with E-state index in [4.69, 9.17) is 14.6 Å². The lowest BCUT2D eigenvalue weighted by atomic mass is 10.2. The molecule has 2 aliphatic rings. The first-order valence-corrected chi connectivity index (χ1v) is 9.43. The zero-order valence-corrected chi connectivity index (χ0v) is 15.6. The number of aliphatic hydroxyl groups is 2. The van der Waals surface area contributed by atoms with Crippen LogP contribution in [0.5, 0.6) is 0 Å². The van der Waals surface area contributed by atoms with Gasteiger partial charge in [-0.2, -0.15) is 0 Å². The van der Waals surface area contributed by atoms with Crippen molar-refractivity contribution < 1.29 is 19.7 Å². The Kier molecular flexibility index (Phi) is 7.91. The molecule has 0 aromatic heterocycles. The van der Waals surface area contributed by atoms with Gasteiger partial charge in [-0.15, -0.1) is 0 Å². The van der Waals surface area contributed by atoms with Crippen LogP contribution < -0.4 is 0 Å². The standard InChI is InChI=1S/C18H36N2O4/c1-18(2,3)24-13-11-20-9-5-7-16(20)17(22)23-14-15-6-4-8-19(15)10-12-21/h15-17,21-22H,4-14H2,1-3H3. The fourth-order valence-corrected chi connectivity index (χ4v) is 3.75. The number of rotatable bonds is 9. The van der Waals surface area contributed by atoms with Crippen molar-refractivity contribution in [2.75, 3.05) is 46.0 Å². The van der Waals surface area contributed by atoms with Crippen molar-refractivity contribution >= 4 is 0 Å². The first kappa shape index (κ1) is 20.1. The van der Waals surface area contributed by atoms with E-state index < -0.39 is 6.29 Å². The minimum absolute atomic E-state index is 0.0706. The van der Waals surface area contributed by atoms with Crippen LogP contribution >= 0.6 is 0 Å². The van der Waals surface area contributed by atoms with Crippen molar-refractivity contribution in [1.29, 1.82) is 0 Å². The number of hydrogen-bond acceptors (Lipinski definition) is 6. The second-order valence-electron chi connectivity index (χ2n) is 7.99. The van der Waals surface area contributed by atoms with Gasteiger partial charge in [-0.25, -0.2) is 0 Å². The molecule has 24 heavy (non-hydrogen) atoms. The van der Waals surface area contributed by atoms with Crippen molar-refractivity contribution in [2.24, 2.45) is 0 Å². The van der Waals surface area contributed by atoms with Crippen LogP contribution in [0, 0.1) is 0 Å². The van der Waals surface area contributed by atoms with Gasteiger partial charge in [0.1, 0.15) is 0 Å². The van der Waals surface area contributed by atoms with E-state index in [9.17, 15) is 5.11 Å². The lowest BCUT2D eigenvalue weighted by Gasteiger charge is -2.31. The van der Waals surface area contributed by atoms with Gasteiger partial charge in [-0.05, 0) is 59.5 Å². The van der Waals surface area contributed by atoms with Gasteiger partial charge in [0, 0.05) is 19.1 Å². The highest BCUT2D eigenvalue weighted by Gasteiger charge is 2.33. The Labute approximate surface area is 146 Å². The smallest absolute Gasteiger partial charge is 0.170 e. The Morgan fingerprint density at radius 2 is 1.79 bits per heavy atom. The quantitative estimate of drug-likeness (QED) is 0.610. The number of β-amino-alcohol motifs (C(OH)–C–C–N with tert-alkyl or cyclic N) is 1. The van der Waals surface area contributed by atoms with Gasteiger partial charge < -0.3 is 19.7 Å². The second kappa shape index (κ2) is 9.46. The normalized spacial score (nSPS) is 27.9. The molecule has 0 bridgehead atoms. The Hall–Kier alpha value is -0.240. The highest BCUT2D eigenvalue weighted by Crippen LogP contribution is 2.23. The fraction of sp³-hybridized carbons (Fsp3) is 1.00. The molecule has 3 unspecified atom stereocenters. The highest BCUT2D eigenvalue weighted by molar-refractivity contribution is 4.83. The number of aliphatic hydroxyl groups excluding tert-OH is 2. The minimum atomic E-state index is -0.737. The van der Waals surface area contributed by atoms with E-state index in [1.807, 2.05) is 0 Å². The molecule has 142 valence electrons. The lowest BCUT2D eigenvalue weighted by Crippen LogP contribution is -2.44. The lowest BCUT2D eigenvalue weighted by molar-refractivity contribution is -0.148. The number of ether oxygens (including phenoxy) is 2. The van der Waals surface area contributed by atoms with Crippen LogP contribution in [0.25, 0.3) is 0 Å². The third-order valence-corrected chi connectivity index (χ3v) is 5.00. The molecule has 3 atom stereocenters. The summed E-state index contributed by atoms with van der Waals surface area (Å²) in [6, 6.07) is 0.396. The maximum atomic E-state index is 10.5. The molecule has 6 nitrogen and oxygen atoms in total. The van der Waals surface area contributed by atoms with Crippen LogP contribution in [-0.4, -0.2) is 90.0 Å². The summed E-state index contributed by atoms with van der Waals surface area (Å²) < 4.78 is 11.6. The van der Waals surface area contributed by atoms with Gasteiger partial charge in [0.25, 0.3) is 0 Å². The summed E-state index contributed by atoms with van der Waals surface area (Å²) in [6.45, 7) is 11.1. The van der Waals surface area contributed by atoms with Crippen molar-refractivity contribution in [2.45, 2.75) is 70.4 Å². The van der Waals surface area contributed by atoms with Crippen molar-refractivity contribution in [1.82, 2.24) is 9.80 Å². The molecule has 0 aromatic carbocycles. The summed E-state index contributed by atoms with van der Waals surface area (Å²) in [4.78, 5) is 4.55. The predicted octanol–water partition coefficient (Wildman–Crippen LogP) is 1.06. The maximum absolute atomic E-state index is 10.5. The first-order valence-electron chi connectivity index (χ1n) is 9.43. The molecular formula is C18H36N2O4. The van der Waals surface area contributed by atoms with Crippen LogP contribution in [0.3, 0.4) is 0 Å². The van der Waals surface area contributed by atoms with E-state index in [0.717, 1.165) is 45.3 Å². The summed E-state index contributed by atoms with van der Waals surface area (Å²) in [7, 11) is 0. The van der Waals surface area contributed by atoms with E-state index in [2.05, 4.69) is 30.6 Å². The highest BCUT2D eigenvalue weighted by atomic mass is 16.6. The SMILES string of the molecule is CC(C)(C)OCCN1CCCC1C(O)OCC1CCCN1CCO. The summed E-state index contributed by atoms with van der Waals surface area (Å²) in [5.74, 6) is 0. The summed E-state index contributed by atoms with van der Waals surface area (Å²) in [5.41, 5.74) is -0.122. The molecule has 2 fully saturated rings. The van der Waals surface area contributed by atoms with Crippen LogP contribution in [-0.2, 0) is 9.47 Å². The van der Waals surface area contributed by atoms with E-state index in [1.54, 1.807) is 0 Å². The largest absolute Gasteiger partial charge is 0.395 e. The van der Waals surface area contributed by atoms with Crippen LogP contribution in [0.1, 0.15) is 46.5 Å². The van der Waals surface area contributed by atoms with Crippen LogP contribution in [0.4, 0.5) is 0 Å². The molecule has 0 aliphatic carbocycles. The van der Waals surface area contributed by atoms with Crippen LogP contribution in [0.15, 0.2) is 0 Å². The van der Waals surface area contributed by atoms with E-state index in [1.165, 1.54) is 0 Å². The van der Waals surface area contributed by atoms with Gasteiger partial charge in [0.15, 0.2) is 6.29 Å². The van der Waals surface area contributed by atoms with Crippen molar-refractivity contribution in [3.8, 4) is 0 Å². The fourth-order valence-electron chi connectivity index (χ4n) is 3.75. The molecule has 2 aliphatic heterocycles. The van der Waals surface area contributed by atoms with Crippen molar-refractivity contribution in [3.05, 3.63) is 0 Å². The van der Waals surface area contributed by atoms with Gasteiger partial charge in [-0.3, -0.25) is 9.80 Å². The Morgan fingerprint density at radius 3 is 2.50 bits per heavy atom. The van der Waals surface area contributed by atoms with Crippen molar-refractivity contribution in [3.63, 3.8) is 0 Å². The topological polar surface area (TPSA) is 65.4 Å². The summed E-state index contributed by atoms with van der Waals surface area (Å²) in [6.07, 6.45) is 3.56. The van der Waals surface area contributed by atoms with Gasteiger partial charge in [0.2, 0.25) is 0 Å². The molecule has 2 rings (SSSR count). The second-order valence-corrected chi connectivity index (χ2v) is 7.99. The van der Waals surface area contributed by atoms with Crippen LogP contribution in [0.2, 0.25) is 0 Å². The maximum Gasteiger partial charge on any atom is 0.170 e. The first-order chi connectivity index (χ1) is 11.4. The zero-order valence-electron chi connectivity index (χ0n) is 15.6. The zero-order chi connectivity index (χ0) is 17.6. The van der Waals surface area contributed by atoms with Gasteiger partial charge in [0.05, 0.1) is 31.5 Å². The number of likely N-dealkylation sites (tertiary alicyclic amines) is 2. The van der Waals surface area contributed by atoms with E-state index in [0.29, 0.717) is 25.8 Å². The molecule has 0 amide bonds. The molecule has 2 N–H and O–H groups in total. The van der Waals surface area contributed by atoms with E-state index >= 15 is 0 Å². The Morgan fingerprint density at radius 1 is 1.08 bits per heavy atom. The third-order valence-electron chi connectivity index (χ3n) is 5.00. The Bertz CT molecular complexity index is 361. The average Bonchev–Trinajstić information content (AvgIpc) is 3.13. The number of nitrogens with zero attached hydrogens (tertiary/aromatic N) is 2. The van der Waals surface area contributed by atoms with E-state index in [-0.39, 0.29) is 18.2 Å². The molecule has 2 heterocycles. The molecule has 0 spiro atoms. The molecule has 0 radical (unpaired) electrons. The molecule has 0 saturated carbocycles. The molecular weight excluding hydrogens is 308 g/mol. The molecule has 6 heteroatoms. The van der Waals surface area contributed by atoms with Gasteiger partial charge in [-0.1, -0.05) is 0 Å². The van der Waals surface area contributed by atoms with Gasteiger partial charge >= 0.3 is 0 Å². The summed E-state index contributed by atoms with van der Waals surface area (Å²) in [5, 5.41) is 19.6. The molecule has 2 saturated heterocycles.